The van der Waals surface area contributed by atoms with Crippen LogP contribution in [-0.2, 0) is 13.1 Å². The largest absolute Gasteiger partial charge is 0.389 e. The zero-order chi connectivity index (χ0) is 12.0. The maximum Gasteiger partial charge on any atom is 0.389 e. The molecule has 0 saturated carbocycles. The molecule has 1 aromatic rings. The summed E-state index contributed by atoms with van der Waals surface area (Å²) in [5.41, 5.74) is 1.11. The molecule has 16 heavy (non-hydrogen) atoms. The molecule has 0 aliphatic heterocycles. The lowest BCUT2D eigenvalue weighted by Crippen LogP contribution is -2.17. The summed E-state index contributed by atoms with van der Waals surface area (Å²) < 4.78 is 37.5. The number of aryl methyl sites for hydroxylation is 1. The number of nitrogens with one attached hydrogen (secondary N) is 1. The minimum absolute atomic E-state index is 0.137. The van der Waals surface area contributed by atoms with Crippen LogP contribution in [0.3, 0.4) is 0 Å². The number of hydrogen-bond acceptors (Lipinski definition) is 1. The highest BCUT2D eigenvalue weighted by Gasteiger charge is 2.25. The summed E-state index contributed by atoms with van der Waals surface area (Å²) in [6, 6.07) is 1.97. The monoisotopic (exact) mass is 234 g/mol. The Hall–Kier alpha value is -0.970. The van der Waals surface area contributed by atoms with Gasteiger partial charge in [-0.1, -0.05) is 0 Å². The molecular weight excluding hydrogens is 217 g/mol. The van der Waals surface area contributed by atoms with Crippen molar-refractivity contribution >= 4 is 0 Å². The van der Waals surface area contributed by atoms with Crippen molar-refractivity contribution < 1.29 is 13.2 Å². The summed E-state index contributed by atoms with van der Waals surface area (Å²) in [5.74, 6) is 0. The van der Waals surface area contributed by atoms with Crippen molar-refractivity contribution in [1.29, 1.82) is 0 Å². The molecule has 0 radical (unpaired) electrons. The van der Waals surface area contributed by atoms with Crippen LogP contribution in [0.5, 0.6) is 0 Å². The maximum absolute atomic E-state index is 11.8. The predicted molar refractivity (Wildman–Crippen MR) is 57.1 cm³/mol. The van der Waals surface area contributed by atoms with Gasteiger partial charge < -0.3 is 9.88 Å². The van der Waals surface area contributed by atoms with E-state index in [2.05, 4.69) is 5.32 Å². The summed E-state index contributed by atoms with van der Waals surface area (Å²) in [5, 5.41) is 3.00. The van der Waals surface area contributed by atoms with Crippen LogP contribution in [0.1, 0.15) is 25.3 Å². The van der Waals surface area contributed by atoms with Crippen LogP contribution < -0.4 is 5.32 Å². The van der Waals surface area contributed by atoms with Crippen LogP contribution in [0, 0.1) is 0 Å². The molecule has 0 amide bonds. The number of rotatable bonds is 6. The Morgan fingerprint density at radius 1 is 1.38 bits per heavy atom. The van der Waals surface area contributed by atoms with E-state index in [1.165, 1.54) is 0 Å². The average molecular weight is 234 g/mol. The summed E-state index contributed by atoms with van der Waals surface area (Å²) in [4.78, 5) is 0. The molecule has 1 heterocycles. The third-order valence-corrected chi connectivity index (χ3v) is 2.32. The third kappa shape index (κ3) is 5.21. The van der Waals surface area contributed by atoms with Gasteiger partial charge in [0.1, 0.15) is 0 Å². The lowest BCUT2D eigenvalue weighted by atomic mass is 10.3. The number of nitrogens with zero attached hydrogens (tertiary/aromatic N) is 1. The Balaban J connectivity index is 2.11. The van der Waals surface area contributed by atoms with Gasteiger partial charge in [0.25, 0.3) is 0 Å². The molecular formula is C11H17F3N2. The van der Waals surface area contributed by atoms with Crippen LogP contribution in [0.15, 0.2) is 18.5 Å². The topological polar surface area (TPSA) is 17.0 Å². The van der Waals surface area contributed by atoms with E-state index >= 15 is 0 Å². The van der Waals surface area contributed by atoms with E-state index in [0.29, 0.717) is 13.1 Å². The van der Waals surface area contributed by atoms with Crippen molar-refractivity contribution in [1.82, 2.24) is 9.88 Å². The van der Waals surface area contributed by atoms with Gasteiger partial charge in [-0.2, -0.15) is 13.2 Å². The van der Waals surface area contributed by atoms with Gasteiger partial charge in [-0.25, -0.2) is 0 Å². The minimum Gasteiger partial charge on any atom is -0.354 e. The zero-order valence-corrected chi connectivity index (χ0v) is 9.35. The van der Waals surface area contributed by atoms with Crippen molar-refractivity contribution in [3.8, 4) is 0 Å². The Morgan fingerprint density at radius 3 is 2.69 bits per heavy atom. The molecule has 1 aromatic heterocycles. The SMILES string of the molecule is CCn1ccc(CNCCCC(F)(F)F)c1. The van der Waals surface area contributed by atoms with Crippen LogP contribution in [-0.4, -0.2) is 17.3 Å². The standard InChI is InChI=1S/C11H17F3N2/c1-2-16-7-4-10(9-16)8-15-6-3-5-11(12,13)14/h4,7,9,15H,2-3,5-6,8H2,1H3. The fourth-order valence-corrected chi connectivity index (χ4v) is 1.44. The van der Waals surface area contributed by atoms with Crippen molar-refractivity contribution in [3.05, 3.63) is 24.0 Å². The van der Waals surface area contributed by atoms with E-state index in [9.17, 15) is 13.2 Å². The van der Waals surface area contributed by atoms with Crippen molar-refractivity contribution in [2.75, 3.05) is 6.54 Å². The van der Waals surface area contributed by atoms with Gasteiger partial charge in [-0.3, -0.25) is 0 Å². The first-order valence-electron chi connectivity index (χ1n) is 5.43. The predicted octanol–water partition coefficient (Wildman–Crippen LogP) is 2.94. The second kappa shape index (κ2) is 5.94. The number of hydrogen-bond donors (Lipinski definition) is 1. The molecule has 5 heteroatoms. The van der Waals surface area contributed by atoms with E-state index in [1.807, 2.05) is 30.0 Å². The zero-order valence-electron chi connectivity index (χ0n) is 9.35. The summed E-state index contributed by atoms with van der Waals surface area (Å²) in [6.07, 6.45) is -0.648. The number of alkyl halides is 3. The van der Waals surface area contributed by atoms with Crippen LogP contribution in [0.25, 0.3) is 0 Å². The maximum atomic E-state index is 11.8. The van der Waals surface area contributed by atoms with Gasteiger partial charge in [0.05, 0.1) is 0 Å². The Bertz CT molecular complexity index is 304. The van der Waals surface area contributed by atoms with E-state index in [-0.39, 0.29) is 6.42 Å². The molecule has 0 atom stereocenters. The van der Waals surface area contributed by atoms with Gasteiger partial charge in [0.2, 0.25) is 0 Å². The minimum atomic E-state index is -4.03. The lowest BCUT2D eigenvalue weighted by Gasteiger charge is -2.06. The van der Waals surface area contributed by atoms with E-state index in [4.69, 9.17) is 0 Å². The molecule has 0 unspecified atom stereocenters. The first kappa shape index (κ1) is 13.1. The molecule has 0 aromatic carbocycles. The summed E-state index contributed by atoms with van der Waals surface area (Å²) in [7, 11) is 0. The van der Waals surface area contributed by atoms with Crippen molar-refractivity contribution in [2.45, 2.75) is 39.0 Å². The molecule has 1 N–H and O–H groups in total. The fraction of sp³-hybridized carbons (Fsp3) is 0.636. The molecule has 0 spiro atoms. The molecule has 0 bridgehead atoms. The highest BCUT2D eigenvalue weighted by atomic mass is 19.4. The van der Waals surface area contributed by atoms with E-state index in [1.54, 1.807) is 0 Å². The molecule has 92 valence electrons. The highest BCUT2D eigenvalue weighted by Crippen LogP contribution is 2.20. The van der Waals surface area contributed by atoms with Gasteiger partial charge in [0.15, 0.2) is 0 Å². The van der Waals surface area contributed by atoms with Crippen molar-refractivity contribution in [3.63, 3.8) is 0 Å². The lowest BCUT2D eigenvalue weighted by molar-refractivity contribution is -0.135. The first-order chi connectivity index (χ1) is 7.51. The smallest absolute Gasteiger partial charge is 0.354 e. The van der Waals surface area contributed by atoms with E-state index < -0.39 is 12.6 Å². The van der Waals surface area contributed by atoms with Crippen LogP contribution in [0.4, 0.5) is 13.2 Å². The van der Waals surface area contributed by atoms with Crippen molar-refractivity contribution in [2.24, 2.45) is 0 Å². The quantitative estimate of drug-likeness (QED) is 0.749. The van der Waals surface area contributed by atoms with Crippen LogP contribution in [0.2, 0.25) is 0 Å². The Morgan fingerprint density at radius 2 is 2.12 bits per heavy atom. The summed E-state index contributed by atoms with van der Waals surface area (Å²) >= 11 is 0. The second-order valence-electron chi connectivity index (χ2n) is 3.75. The number of aromatic nitrogens is 1. The molecule has 0 aliphatic carbocycles. The Labute approximate surface area is 93.5 Å². The molecule has 1 rings (SSSR count). The normalized spacial score (nSPS) is 12.0. The Kier molecular flexibility index (Phi) is 4.86. The van der Waals surface area contributed by atoms with E-state index in [0.717, 1.165) is 12.1 Å². The van der Waals surface area contributed by atoms with Crippen LogP contribution >= 0.6 is 0 Å². The van der Waals surface area contributed by atoms with Gasteiger partial charge in [0, 0.05) is 31.9 Å². The second-order valence-corrected chi connectivity index (χ2v) is 3.75. The fourth-order valence-electron chi connectivity index (χ4n) is 1.44. The molecule has 0 saturated heterocycles. The molecule has 0 fully saturated rings. The molecule has 2 nitrogen and oxygen atoms in total. The van der Waals surface area contributed by atoms with Gasteiger partial charge in [-0.05, 0) is 31.5 Å². The molecule has 0 aliphatic rings. The van der Waals surface area contributed by atoms with Gasteiger partial charge >= 0.3 is 6.18 Å². The van der Waals surface area contributed by atoms with Gasteiger partial charge in [-0.15, -0.1) is 0 Å². The number of halogens is 3. The average Bonchev–Trinajstić information content (AvgIpc) is 2.63. The third-order valence-electron chi connectivity index (χ3n) is 2.32. The summed E-state index contributed by atoms with van der Waals surface area (Å²) in [6.45, 7) is 3.98. The first-order valence-corrected chi connectivity index (χ1v) is 5.43. The highest BCUT2D eigenvalue weighted by molar-refractivity contribution is 5.09.